The van der Waals surface area contributed by atoms with Crippen molar-refractivity contribution in [3.8, 4) is 11.3 Å². The summed E-state index contributed by atoms with van der Waals surface area (Å²) in [7, 11) is 0. The maximum Gasteiger partial charge on any atom is 0.275 e. The van der Waals surface area contributed by atoms with Crippen LogP contribution in [0.1, 0.15) is 40.8 Å². The van der Waals surface area contributed by atoms with Crippen LogP contribution in [0.2, 0.25) is 5.02 Å². The van der Waals surface area contributed by atoms with Crippen molar-refractivity contribution in [2.45, 2.75) is 25.7 Å². The van der Waals surface area contributed by atoms with Gasteiger partial charge in [-0.3, -0.25) is 9.78 Å². The van der Waals surface area contributed by atoms with Gasteiger partial charge in [-0.2, -0.15) is 0 Å². The van der Waals surface area contributed by atoms with E-state index in [1.54, 1.807) is 6.92 Å². The van der Waals surface area contributed by atoms with Gasteiger partial charge in [-0.1, -0.05) is 29.8 Å². The number of carbonyl (C=O) groups excluding carboxylic acids is 1. The molecule has 0 radical (unpaired) electrons. The highest BCUT2D eigenvalue weighted by molar-refractivity contribution is 6.30. The topological polar surface area (TPSA) is 59.2 Å². The van der Waals surface area contributed by atoms with E-state index in [1.165, 1.54) is 6.26 Å². The molecule has 1 aromatic carbocycles. The Morgan fingerprint density at radius 2 is 2.07 bits per heavy atom. The van der Waals surface area contributed by atoms with Crippen LogP contribution in [-0.4, -0.2) is 33.9 Å². The highest BCUT2D eigenvalue weighted by Gasteiger charge is 2.27. The van der Waals surface area contributed by atoms with Crippen molar-refractivity contribution in [1.82, 2.24) is 14.9 Å². The van der Waals surface area contributed by atoms with Crippen LogP contribution >= 0.6 is 11.6 Å². The molecule has 0 unspecified atom stereocenters. The summed E-state index contributed by atoms with van der Waals surface area (Å²) >= 11 is 6.11. The van der Waals surface area contributed by atoms with Gasteiger partial charge < -0.3 is 9.32 Å². The molecule has 1 aliphatic heterocycles. The van der Waals surface area contributed by atoms with Crippen LogP contribution in [0, 0.1) is 6.92 Å². The molecule has 0 aliphatic carbocycles. The minimum atomic E-state index is -0.0810. The average molecular weight is 382 g/mol. The second-order valence-corrected chi connectivity index (χ2v) is 7.24. The summed E-state index contributed by atoms with van der Waals surface area (Å²) in [5, 5.41) is 0.692. The molecule has 6 heteroatoms. The standard InChI is InChI=1S/C21H20ClN3O2/c1-14-23-20(13-27-14)21(26)25-10-4-6-16(12-25)19-9-3-8-18(24-19)15-5-2-7-17(22)11-15/h2-3,5,7-9,11,13,16H,4,6,10,12H2,1H3/t16-/m1/s1. The molecule has 3 aromatic rings. The van der Waals surface area contributed by atoms with E-state index in [2.05, 4.69) is 4.98 Å². The Bertz CT molecular complexity index is 969. The average Bonchev–Trinajstić information content (AvgIpc) is 3.14. The van der Waals surface area contributed by atoms with Crippen LogP contribution in [0.25, 0.3) is 11.3 Å². The van der Waals surface area contributed by atoms with E-state index in [4.69, 9.17) is 21.0 Å². The van der Waals surface area contributed by atoms with Gasteiger partial charge in [0.05, 0.1) is 5.69 Å². The molecule has 1 amide bonds. The number of hydrogen-bond acceptors (Lipinski definition) is 4. The maximum atomic E-state index is 12.7. The van der Waals surface area contributed by atoms with Crippen LogP contribution in [0.3, 0.4) is 0 Å². The van der Waals surface area contributed by atoms with Gasteiger partial charge in [0, 0.05) is 42.2 Å². The van der Waals surface area contributed by atoms with Crippen molar-refractivity contribution in [3.05, 3.63) is 71.0 Å². The molecule has 1 atom stereocenters. The fourth-order valence-corrected chi connectivity index (χ4v) is 3.70. The van der Waals surface area contributed by atoms with Crippen LogP contribution in [-0.2, 0) is 0 Å². The Hall–Kier alpha value is -2.66. The second-order valence-electron chi connectivity index (χ2n) is 6.80. The lowest BCUT2D eigenvalue weighted by Gasteiger charge is -2.32. The number of aryl methyl sites for hydroxylation is 1. The summed E-state index contributed by atoms with van der Waals surface area (Å²) in [4.78, 5) is 23.5. The van der Waals surface area contributed by atoms with E-state index >= 15 is 0 Å². The first-order valence-corrected chi connectivity index (χ1v) is 9.42. The number of halogens is 1. The molecule has 27 heavy (non-hydrogen) atoms. The predicted molar refractivity (Wildman–Crippen MR) is 104 cm³/mol. The lowest BCUT2D eigenvalue weighted by Crippen LogP contribution is -2.39. The number of benzene rings is 1. The van der Waals surface area contributed by atoms with Gasteiger partial charge in [-0.05, 0) is 37.1 Å². The minimum Gasteiger partial charge on any atom is -0.448 e. The zero-order valence-corrected chi connectivity index (χ0v) is 15.8. The highest BCUT2D eigenvalue weighted by atomic mass is 35.5. The number of carbonyl (C=O) groups is 1. The molecule has 5 nitrogen and oxygen atoms in total. The third-order valence-corrected chi connectivity index (χ3v) is 5.09. The number of hydrogen-bond donors (Lipinski definition) is 0. The molecule has 0 saturated carbocycles. The largest absolute Gasteiger partial charge is 0.448 e. The maximum absolute atomic E-state index is 12.7. The molecule has 0 bridgehead atoms. The second kappa shape index (κ2) is 7.53. The van der Waals surface area contributed by atoms with Gasteiger partial charge in [0.15, 0.2) is 11.6 Å². The molecule has 1 fully saturated rings. The molecular formula is C21H20ClN3O2. The Morgan fingerprint density at radius 3 is 2.85 bits per heavy atom. The zero-order valence-electron chi connectivity index (χ0n) is 15.1. The zero-order chi connectivity index (χ0) is 18.8. The number of amides is 1. The van der Waals surface area contributed by atoms with Crippen LogP contribution < -0.4 is 0 Å². The van der Waals surface area contributed by atoms with E-state index in [-0.39, 0.29) is 11.8 Å². The van der Waals surface area contributed by atoms with Gasteiger partial charge in [-0.15, -0.1) is 0 Å². The van der Waals surface area contributed by atoms with Gasteiger partial charge in [0.25, 0.3) is 5.91 Å². The van der Waals surface area contributed by atoms with Gasteiger partial charge >= 0.3 is 0 Å². The normalized spacial score (nSPS) is 17.1. The molecule has 2 aromatic heterocycles. The first-order valence-electron chi connectivity index (χ1n) is 9.04. The van der Waals surface area contributed by atoms with Crippen molar-refractivity contribution in [1.29, 1.82) is 0 Å². The summed E-state index contributed by atoms with van der Waals surface area (Å²) in [5.41, 5.74) is 3.26. The molecule has 3 heterocycles. The molecular weight excluding hydrogens is 362 g/mol. The van der Waals surface area contributed by atoms with Crippen LogP contribution in [0.4, 0.5) is 0 Å². The number of piperidine rings is 1. The Morgan fingerprint density at radius 1 is 1.22 bits per heavy atom. The first kappa shape index (κ1) is 17.7. The summed E-state index contributed by atoms with van der Waals surface area (Å²) in [5.74, 6) is 0.625. The molecule has 0 spiro atoms. The fourth-order valence-electron chi connectivity index (χ4n) is 3.51. The molecule has 138 valence electrons. The quantitative estimate of drug-likeness (QED) is 0.658. The molecule has 1 aliphatic rings. The third kappa shape index (κ3) is 3.88. The summed E-state index contributed by atoms with van der Waals surface area (Å²) < 4.78 is 5.18. The smallest absolute Gasteiger partial charge is 0.275 e. The fraction of sp³-hybridized carbons (Fsp3) is 0.286. The molecule has 4 rings (SSSR count). The first-order chi connectivity index (χ1) is 13.1. The highest BCUT2D eigenvalue weighted by Crippen LogP contribution is 2.29. The van der Waals surface area contributed by atoms with Gasteiger partial charge in [0.1, 0.15) is 6.26 Å². The summed E-state index contributed by atoms with van der Waals surface area (Å²) in [6.07, 6.45) is 3.38. The molecule has 1 saturated heterocycles. The number of oxazole rings is 1. The minimum absolute atomic E-state index is 0.0810. The Kier molecular flexibility index (Phi) is 4.94. The number of pyridine rings is 1. The van der Waals surface area contributed by atoms with E-state index in [0.717, 1.165) is 36.3 Å². The molecule has 0 N–H and O–H groups in total. The van der Waals surface area contributed by atoms with Crippen LogP contribution in [0.5, 0.6) is 0 Å². The van der Waals surface area contributed by atoms with Gasteiger partial charge in [0.2, 0.25) is 0 Å². The lowest BCUT2D eigenvalue weighted by atomic mass is 9.93. The Labute approximate surface area is 163 Å². The van der Waals surface area contributed by atoms with E-state index in [1.807, 2.05) is 47.4 Å². The third-order valence-electron chi connectivity index (χ3n) is 4.86. The number of aromatic nitrogens is 2. The van der Waals surface area contributed by atoms with Crippen molar-refractivity contribution in [2.24, 2.45) is 0 Å². The van der Waals surface area contributed by atoms with Gasteiger partial charge in [-0.25, -0.2) is 4.98 Å². The predicted octanol–water partition coefficient (Wildman–Crippen LogP) is 4.72. The van der Waals surface area contributed by atoms with Crippen molar-refractivity contribution < 1.29 is 9.21 Å². The summed E-state index contributed by atoms with van der Waals surface area (Å²) in [6, 6.07) is 13.7. The number of nitrogens with zero attached hydrogens (tertiary/aromatic N) is 3. The van der Waals surface area contributed by atoms with Crippen molar-refractivity contribution in [2.75, 3.05) is 13.1 Å². The van der Waals surface area contributed by atoms with Crippen LogP contribution in [0.15, 0.2) is 53.1 Å². The Balaban J connectivity index is 1.55. The van der Waals surface area contributed by atoms with E-state index < -0.39 is 0 Å². The SMILES string of the molecule is Cc1nc(C(=O)N2CCC[C@@H](c3cccc(-c4cccc(Cl)c4)n3)C2)co1. The van der Waals surface area contributed by atoms with E-state index in [0.29, 0.717) is 23.2 Å². The van der Waals surface area contributed by atoms with E-state index in [9.17, 15) is 4.79 Å². The monoisotopic (exact) mass is 381 g/mol. The van der Waals surface area contributed by atoms with Crippen molar-refractivity contribution in [3.63, 3.8) is 0 Å². The number of rotatable bonds is 3. The van der Waals surface area contributed by atoms with Crippen molar-refractivity contribution >= 4 is 17.5 Å². The lowest BCUT2D eigenvalue weighted by molar-refractivity contribution is 0.0700. The summed E-state index contributed by atoms with van der Waals surface area (Å²) in [6.45, 7) is 3.10. The number of likely N-dealkylation sites (tertiary alicyclic amines) is 1.